The van der Waals surface area contributed by atoms with Gasteiger partial charge in [0.05, 0.1) is 18.0 Å². The number of ether oxygens (including phenoxy) is 2. The van der Waals surface area contributed by atoms with Crippen LogP contribution in [0.5, 0.6) is 11.5 Å². The van der Waals surface area contributed by atoms with E-state index < -0.39 is 10.0 Å². The van der Waals surface area contributed by atoms with Crippen LogP contribution in [0.15, 0.2) is 47.4 Å². The lowest BCUT2D eigenvalue weighted by molar-refractivity contribution is -0.121. The molecule has 0 aromatic heterocycles. The molecule has 0 saturated carbocycles. The Morgan fingerprint density at radius 1 is 1.09 bits per heavy atom. The topological polar surface area (TPSA) is 84.9 Å². The van der Waals surface area contributed by atoms with E-state index in [9.17, 15) is 13.2 Å². The number of rotatable bonds is 10. The standard InChI is InChI=1S/C25H34N2O5S/c1-19-9-5-6-10-23(19)32-18-20(2)26-25(28)14-11-21-17-22(12-13-24(21)31-3)33(29,30)27-15-7-4-8-16-27/h5-6,9-10,12-13,17,20H,4,7-8,11,14-16,18H2,1-3H3,(H,26,28)/t20-/m0/s1. The summed E-state index contributed by atoms with van der Waals surface area (Å²) in [4.78, 5) is 12.8. The fraction of sp³-hybridized carbons (Fsp3) is 0.480. The van der Waals surface area contributed by atoms with Gasteiger partial charge in [0, 0.05) is 19.5 Å². The highest BCUT2D eigenvalue weighted by atomic mass is 32.2. The van der Waals surface area contributed by atoms with E-state index in [0.717, 1.165) is 30.6 Å². The molecule has 1 atom stereocenters. The van der Waals surface area contributed by atoms with Crippen molar-refractivity contribution in [3.63, 3.8) is 0 Å². The first-order valence-corrected chi connectivity index (χ1v) is 12.9. The summed E-state index contributed by atoms with van der Waals surface area (Å²) in [6, 6.07) is 12.5. The van der Waals surface area contributed by atoms with Crippen molar-refractivity contribution in [2.45, 2.75) is 56.9 Å². The minimum Gasteiger partial charge on any atom is -0.496 e. The molecule has 3 rings (SSSR count). The third-order valence-electron chi connectivity index (χ3n) is 5.82. The van der Waals surface area contributed by atoms with Gasteiger partial charge in [-0.15, -0.1) is 0 Å². The molecule has 1 heterocycles. The van der Waals surface area contributed by atoms with Crippen molar-refractivity contribution in [2.75, 3.05) is 26.8 Å². The van der Waals surface area contributed by atoms with Crippen molar-refractivity contribution in [1.82, 2.24) is 9.62 Å². The minimum absolute atomic E-state index is 0.123. The normalized spacial score (nSPS) is 15.6. The van der Waals surface area contributed by atoms with E-state index in [1.165, 1.54) is 0 Å². The predicted molar refractivity (Wildman–Crippen MR) is 128 cm³/mol. The molecule has 2 aromatic rings. The first-order chi connectivity index (χ1) is 15.8. The van der Waals surface area contributed by atoms with E-state index >= 15 is 0 Å². The van der Waals surface area contributed by atoms with Gasteiger partial charge in [-0.3, -0.25) is 4.79 Å². The Bertz CT molecular complexity index is 1050. The van der Waals surface area contributed by atoms with Crippen LogP contribution in [0.3, 0.4) is 0 Å². The number of hydrogen-bond donors (Lipinski definition) is 1. The Morgan fingerprint density at radius 2 is 1.82 bits per heavy atom. The molecule has 0 spiro atoms. The van der Waals surface area contributed by atoms with Crippen molar-refractivity contribution in [3.8, 4) is 11.5 Å². The third-order valence-corrected chi connectivity index (χ3v) is 7.71. The molecule has 1 N–H and O–H groups in total. The lowest BCUT2D eigenvalue weighted by Gasteiger charge is -2.26. The summed E-state index contributed by atoms with van der Waals surface area (Å²) in [6.45, 7) is 5.33. The average Bonchev–Trinajstić information content (AvgIpc) is 2.82. The Balaban J connectivity index is 1.58. The lowest BCUT2D eigenvalue weighted by atomic mass is 10.1. The van der Waals surface area contributed by atoms with Gasteiger partial charge in [-0.05, 0) is 68.5 Å². The molecule has 8 heteroatoms. The SMILES string of the molecule is COc1ccc(S(=O)(=O)N2CCCCC2)cc1CCC(=O)N[C@@H](C)COc1ccccc1C. The summed E-state index contributed by atoms with van der Waals surface area (Å²) in [5.74, 6) is 1.26. The van der Waals surface area contributed by atoms with Crippen LogP contribution in [-0.2, 0) is 21.2 Å². The molecule has 0 aliphatic carbocycles. The van der Waals surface area contributed by atoms with E-state index in [2.05, 4.69) is 5.32 Å². The molecule has 180 valence electrons. The average molecular weight is 475 g/mol. The second kappa shape index (κ2) is 11.5. The fourth-order valence-electron chi connectivity index (χ4n) is 3.94. The van der Waals surface area contributed by atoms with Gasteiger partial charge in [0.15, 0.2) is 0 Å². The molecule has 33 heavy (non-hydrogen) atoms. The van der Waals surface area contributed by atoms with Gasteiger partial charge in [0.25, 0.3) is 0 Å². The summed E-state index contributed by atoms with van der Waals surface area (Å²) in [5, 5.41) is 2.94. The number of piperidine rings is 1. The first kappa shape index (κ1) is 25.1. The number of amides is 1. The fourth-order valence-corrected chi connectivity index (χ4v) is 5.50. The Hall–Kier alpha value is -2.58. The third kappa shape index (κ3) is 6.71. The van der Waals surface area contributed by atoms with Crippen LogP contribution < -0.4 is 14.8 Å². The van der Waals surface area contributed by atoms with E-state index in [0.29, 0.717) is 37.4 Å². The summed E-state index contributed by atoms with van der Waals surface area (Å²) in [5.41, 5.74) is 1.75. The van der Waals surface area contributed by atoms with Crippen molar-refractivity contribution in [3.05, 3.63) is 53.6 Å². The zero-order valence-corrected chi connectivity index (χ0v) is 20.5. The summed E-state index contributed by atoms with van der Waals surface area (Å²) >= 11 is 0. The van der Waals surface area contributed by atoms with Gasteiger partial charge < -0.3 is 14.8 Å². The van der Waals surface area contributed by atoms with Crippen molar-refractivity contribution >= 4 is 15.9 Å². The van der Waals surface area contributed by atoms with Crippen LogP contribution in [0.1, 0.15) is 43.7 Å². The maximum atomic E-state index is 13.0. The molecule has 1 saturated heterocycles. The number of carbonyl (C=O) groups excluding carboxylic acids is 1. The maximum Gasteiger partial charge on any atom is 0.243 e. The van der Waals surface area contributed by atoms with Crippen molar-refractivity contribution in [2.24, 2.45) is 0 Å². The van der Waals surface area contributed by atoms with Gasteiger partial charge in [-0.1, -0.05) is 24.6 Å². The number of hydrogen-bond acceptors (Lipinski definition) is 5. The van der Waals surface area contributed by atoms with Crippen LogP contribution >= 0.6 is 0 Å². The van der Waals surface area contributed by atoms with E-state index in [1.54, 1.807) is 29.6 Å². The number of benzene rings is 2. The Labute approximate surface area is 197 Å². The zero-order chi connectivity index (χ0) is 23.8. The maximum absolute atomic E-state index is 13.0. The minimum atomic E-state index is -3.54. The van der Waals surface area contributed by atoms with E-state index in [-0.39, 0.29) is 23.3 Å². The zero-order valence-electron chi connectivity index (χ0n) is 19.7. The van der Waals surface area contributed by atoms with Gasteiger partial charge in [0.1, 0.15) is 18.1 Å². The molecule has 1 fully saturated rings. The smallest absolute Gasteiger partial charge is 0.243 e. The van der Waals surface area contributed by atoms with Gasteiger partial charge in [-0.25, -0.2) is 8.42 Å². The quantitative estimate of drug-likeness (QED) is 0.568. The van der Waals surface area contributed by atoms with Crippen LogP contribution in [-0.4, -0.2) is 51.5 Å². The largest absolute Gasteiger partial charge is 0.496 e. The Morgan fingerprint density at radius 3 is 2.52 bits per heavy atom. The lowest BCUT2D eigenvalue weighted by Crippen LogP contribution is -2.37. The van der Waals surface area contributed by atoms with Crippen molar-refractivity contribution in [1.29, 1.82) is 0 Å². The van der Waals surface area contributed by atoms with Crippen molar-refractivity contribution < 1.29 is 22.7 Å². The molecule has 0 radical (unpaired) electrons. The number of para-hydroxylation sites is 1. The monoisotopic (exact) mass is 474 g/mol. The number of aryl methyl sites for hydroxylation is 2. The number of nitrogens with one attached hydrogen (secondary N) is 1. The summed E-state index contributed by atoms with van der Waals surface area (Å²) < 4.78 is 38.8. The molecule has 0 bridgehead atoms. The molecular formula is C25H34N2O5S. The molecule has 1 amide bonds. The number of nitrogens with zero attached hydrogens (tertiary/aromatic N) is 1. The van der Waals surface area contributed by atoms with Crippen LogP contribution in [0, 0.1) is 6.92 Å². The van der Waals surface area contributed by atoms with Crippen LogP contribution in [0.25, 0.3) is 0 Å². The predicted octanol–water partition coefficient (Wildman–Crippen LogP) is 3.69. The number of sulfonamides is 1. The first-order valence-electron chi connectivity index (χ1n) is 11.5. The van der Waals surface area contributed by atoms with Gasteiger partial charge in [0.2, 0.25) is 15.9 Å². The Kier molecular flexibility index (Phi) is 8.74. The van der Waals surface area contributed by atoms with Crippen LogP contribution in [0.4, 0.5) is 0 Å². The van der Waals surface area contributed by atoms with E-state index in [4.69, 9.17) is 9.47 Å². The molecular weight excluding hydrogens is 440 g/mol. The van der Waals surface area contributed by atoms with Gasteiger partial charge in [-0.2, -0.15) is 4.31 Å². The van der Waals surface area contributed by atoms with Gasteiger partial charge >= 0.3 is 0 Å². The molecule has 1 aliphatic rings. The number of carbonyl (C=O) groups is 1. The molecule has 1 aliphatic heterocycles. The molecule has 0 unspecified atom stereocenters. The highest BCUT2D eigenvalue weighted by molar-refractivity contribution is 7.89. The van der Waals surface area contributed by atoms with Crippen LogP contribution in [0.2, 0.25) is 0 Å². The summed E-state index contributed by atoms with van der Waals surface area (Å²) in [7, 11) is -2.00. The number of methoxy groups -OCH3 is 1. The summed E-state index contributed by atoms with van der Waals surface area (Å²) in [6.07, 6.45) is 3.42. The van der Waals surface area contributed by atoms with E-state index in [1.807, 2.05) is 38.1 Å². The highest BCUT2D eigenvalue weighted by Gasteiger charge is 2.26. The second-order valence-electron chi connectivity index (χ2n) is 8.48. The molecule has 7 nitrogen and oxygen atoms in total. The second-order valence-corrected chi connectivity index (χ2v) is 10.4. The molecule has 2 aromatic carbocycles. The highest BCUT2D eigenvalue weighted by Crippen LogP contribution is 2.27.